The lowest BCUT2D eigenvalue weighted by Crippen LogP contribution is -2.19. The molecule has 1 atom stereocenters. The first-order valence-electron chi connectivity index (χ1n) is 6.83. The van der Waals surface area contributed by atoms with Gasteiger partial charge in [0.1, 0.15) is 11.6 Å². The lowest BCUT2D eigenvalue weighted by Gasteiger charge is -2.17. The quantitative estimate of drug-likeness (QED) is 0.868. The number of hydrogen-bond donors (Lipinski definition) is 1. The normalized spacial score (nSPS) is 12.2. The van der Waals surface area contributed by atoms with Crippen LogP contribution in [-0.2, 0) is 6.54 Å². The number of nitrogens with one attached hydrogen (secondary N) is 1. The van der Waals surface area contributed by atoms with Crippen molar-refractivity contribution >= 4 is 11.6 Å². The molecule has 0 heterocycles. The highest BCUT2D eigenvalue weighted by Crippen LogP contribution is 2.27. The van der Waals surface area contributed by atoms with Gasteiger partial charge in [-0.2, -0.15) is 0 Å². The van der Waals surface area contributed by atoms with Crippen molar-refractivity contribution in [1.82, 2.24) is 5.32 Å². The lowest BCUT2D eigenvalue weighted by atomic mass is 10.1. The predicted molar refractivity (Wildman–Crippen MR) is 84.4 cm³/mol. The van der Waals surface area contributed by atoms with E-state index in [0.29, 0.717) is 17.1 Å². The summed E-state index contributed by atoms with van der Waals surface area (Å²) in [7, 11) is 1.62. The zero-order chi connectivity index (χ0) is 15.4. The number of rotatable bonds is 5. The highest BCUT2D eigenvalue weighted by molar-refractivity contribution is 6.31. The summed E-state index contributed by atoms with van der Waals surface area (Å²) in [6.07, 6.45) is 0. The Balaban J connectivity index is 2.10. The number of methoxy groups -OCH3 is 1. The molecule has 1 N–H and O–H groups in total. The average molecular weight is 308 g/mol. The molecule has 2 nitrogen and oxygen atoms in total. The fourth-order valence-corrected chi connectivity index (χ4v) is 2.39. The molecule has 0 bridgehead atoms. The summed E-state index contributed by atoms with van der Waals surface area (Å²) < 4.78 is 18.9. The third kappa shape index (κ3) is 3.74. The molecule has 0 aliphatic carbocycles. The molecule has 4 heteroatoms. The molecule has 0 radical (unpaired) electrons. The average Bonchev–Trinajstić information content (AvgIpc) is 2.48. The van der Waals surface area contributed by atoms with Gasteiger partial charge in [-0.3, -0.25) is 0 Å². The Bertz CT molecular complexity index is 630. The molecular formula is C17H19ClFNO. The molecule has 0 aliphatic heterocycles. The predicted octanol–water partition coefficient (Wildman–Crippen LogP) is 4.65. The van der Waals surface area contributed by atoms with E-state index in [1.54, 1.807) is 26.2 Å². The number of ether oxygens (including phenoxy) is 1. The van der Waals surface area contributed by atoms with Crippen molar-refractivity contribution in [3.05, 3.63) is 63.9 Å². The van der Waals surface area contributed by atoms with Crippen molar-refractivity contribution in [2.75, 3.05) is 7.11 Å². The number of halogens is 2. The molecule has 2 aromatic carbocycles. The standard InChI is InChI=1S/C17H19ClFNO/c1-11-7-8-13(9-16(11)19)12(2)20-10-14-15(18)5-4-6-17(14)21-3/h4-9,12,20H,10H2,1-3H3. The molecule has 1 unspecified atom stereocenters. The Kier molecular flexibility index (Phi) is 5.21. The monoisotopic (exact) mass is 307 g/mol. The Morgan fingerprint density at radius 2 is 2.05 bits per heavy atom. The molecule has 0 amide bonds. The summed E-state index contributed by atoms with van der Waals surface area (Å²) in [5, 5.41) is 4.00. The number of aryl methyl sites for hydroxylation is 1. The van der Waals surface area contributed by atoms with Gasteiger partial charge in [-0.05, 0) is 43.2 Å². The minimum absolute atomic E-state index is 0.0149. The summed E-state index contributed by atoms with van der Waals surface area (Å²) in [6, 6.07) is 10.9. The van der Waals surface area contributed by atoms with Crippen LogP contribution in [0.5, 0.6) is 5.75 Å². The van der Waals surface area contributed by atoms with Crippen LogP contribution in [0.4, 0.5) is 4.39 Å². The summed E-state index contributed by atoms with van der Waals surface area (Å²) in [5.74, 6) is 0.564. The maximum Gasteiger partial charge on any atom is 0.126 e. The van der Waals surface area contributed by atoms with Crippen LogP contribution in [0.1, 0.15) is 29.7 Å². The topological polar surface area (TPSA) is 21.3 Å². The van der Waals surface area contributed by atoms with E-state index < -0.39 is 0 Å². The number of hydrogen-bond acceptors (Lipinski definition) is 2. The second-order valence-electron chi connectivity index (χ2n) is 5.03. The number of benzene rings is 2. The Morgan fingerprint density at radius 1 is 1.29 bits per heavy atom. The first-order chi connectivity index (χ1) is 10.0. The van der Waals surface area contributed by atoms with Crippen molar-refractivity contribution in [2.45, 2.75) is 26.4 Å². The van der Waals surface area contributed by atoms with Gasteiger partial charge in [-0.15, -0.1) is 0 Å². The van der Waals surface area contributed by atoms with Crippen molar-refractivity contribution in [1.29, 1.82) is 0 Å². The van der Waals surface area contributed by atoms with Crippen LogP contribution < -0.4 is 10.1 Å². The maximum absolute atomic E-state index is 13.6. The van der Waals surface area contributed by atoms with Crippen molar-refractivity contribution in [3.8, 4) is 5.75 Å². The van der Waals surface area contributed by atoms with Gasteiger partial charge >= 0.3 is 0 Å². The fraction of sp³-hybridized carbons (Fsp3) is 0.294. The second kappa shape index (κ2) is 6.92. The summed E-state index contributed by atoms with van der Waals surface area (Å²) in [5.41, 5.74) is 2.46. The molecule has 0 fully saturated rings. The second-order valence-corrected chi connectivity index (χ2v) is 5.44. The van der Waals surface area contributed by atoms with E-state index in [1.807, 2.05) is 31.2 Å². The van der Waals surface area contributed by atoms with E-state index in [-0.39, 0.29) is 11.9 Å². The van der Waals surface area contributed by atoms with Gasteiger partial charge in [-0.1, -0.05) is 29.8 Å². The van der Waals surface area contributed by atoms with E-state index in [9.17, 15) is 4.39 Å². The van der Waals surface area contributed by atoms with E-state index in [1.165, 1.54) is 0 Å². The van der Waals surface area contributed by atoms with Crippen LogP contribution >= 0.6 is 11.6 Å². The van der Waals surface area contributed by atoms with Gasteiger partial charge in [-0.25, -0.2) is 4.39 Å². The van der Waals surface area contributed by atoms with Crippen LogP contribution in [0.25, 0.3) is 0 Å². The van der Waals surface area contributed by atoms with Crippen molar-refractivity contribution in [2.24, 2.45) is 0 Å². The van der Waals surface area contributed by atoms with E-state index in [0.717, 1.165) is 16.9 Å². The Hall–Kier alpha value is -1.58. The smallest absolute Gasteiger partial charge is 0.126 e. The van der Waals surface area contributed by atoms with Gasteiger partial charge in [0, 0.05) is 23.2 Å². The van der Waals surface area contributed by atoms with E-state index >= 15 is 0 Å². The maximum atomic E-state index is 13.6. The lowest BCUT2D eigenvalue weighted by molar-refractivity contribution is 0.406. The van der Waals surface area contributed by atoms with Gasteiger partial charge in [0.15, 0.2) is 0 Å². The molecular weight excluding hydrogens is 289 g/mol. The summed E-state index contributed by atoms with van der Waals surface area (Å²) >= 11 is 6.20. The van der Waals surface area contributed by atoms with Gasteiger partial charge in [0.25, 0.3) is 0 Å². The van der Waals surface area contributed by atoms with Crippen LogP contribution in [0.2, 0.25) is 5.02 Å². The molecule has 0 saturated carbocycles. The zero-order valence-electron chi connectivity index (χ0n) is 12.4. The Morgan fingerprint density at radius 3 is 2.71 bits per heavy atom. The van der Waals surface area contributed by atoms with Gasteiger partial charge in [0.2, 0.25) is 0 Å². The Labute approximate surface area is 129 Å². The SMILES string of the molecule is COc1cccc(Cl)c1CNC(C)c1ccc(C)c(F)c1. The summed E-state index contributed by atoms with van der Waals surface area (Å²) in [4.78, 5) is 0. The van der Waals surface area contributed by atoms with Gasteiger partial charge in [0.05, 0.1) is 7.11 Å². The summed E-state index contributed by atoms with van der Waals surface area (Å²) in [6.45, 7) is 4.30. The van der Waals surface area contributed by atoms with Crippen LogP contribution in [-0.4, -0.2) is 7.11 Å². The van der Waals surface area contributed by atoms with Gasteiger partial charge < -0.3 is 10.1 Å². The minimum atomic E-state index is -0.184. The molecule has 21 heavy (non-hydrogen) atoms. The molecule has 0 aromatic heterocycles. The molecule has 0 aliphatic rings. The first kappa shape index (κ1) is 15.8. The van der Waals surface area contributed by atoms with Crippen molar-refractivity contribution < 1.29 is 9.13 Å². The van der Waals surface area contributed by atoms with E-state index in [2.05, 4.69) is 5.32 Å². The van der Waals surface area contributed by atoms with Crippen LogP contribution in [0.3, 0.4) is 0 Å². The minimum Gasteiger partial charge on any atom is -0.496 e. The zero-order valence-corrected chi connectivity index (χ0v) is 13.2. The van der Waals surface area contributed by atoms with Crippen LogP contribution in [0.15, 0.2) is 36.4 Å². The first-order valence-corrected chi connectivity index (χ1v) is 7.21. The molecule has 2 aromatic rings. The van der Waals surface area contributed by atoms with E-state index in [4.69, 9.17) is 16.3 Å². The largest absolute Gasteiger partial charge is 0.496 e. The molecule has 0 saturated heterocycles. The van der Waals surface area contributed by atoms with Crippen molar-refractivity contribution in [3.63, 3.8) is 0 Å². The third-order valence-corrected chi connectivity index (χ3v) is 3.93. The molecule has 0 spiro atoms. The van der Waals surface area contributed by atoms with Crippen LogP contribution in [0, 0.1) is 12.7 Å². The highest BCUT2D eigenvalue weighted by atomic mass is 35.5. The molecule has 2 rings (SSSR count). The fourth-order valence-electron chi connectivity index (χ4n) is 2.15. The highest BCUT2D eigenvalue weighted by Gasteiger charge is 2.11. The third-order valence-electron chi connectivity index (χ3n) is 3.58. The molecule has 112 valence electrons.